The number of carbonyl (C=O) groups is 1. The lowest BCUT2D eigenvalue weighted by Crippen LogP contribution is -2.40. The highest BCUT2D eigenvalue weighted by Gasteiger charge is 2.26. The van der Waals surface area contributed by atoms with Crippen LogP contribution in [0.25, 0.3) is 0 Å². The molecule has 92 valence electrons. The molecule has 0 saturated carbocycles. The number of hydrogen-bond acceptors (Lipinski definition) is 5. The third-order valence-corrected chi connectivity index (χ3v) is 3.45. The molecule has 0 fully saturated rings. The van der Waals surface area contributed by atoms with Crippen LogP contribution in [-0.4, -0.2) is 37.4 Å². The molecule has 2 rings (SSSR count). The van der Waals surface area contributed by atoms with E-state index in [1.165, 1.54) is 0 Å². The predicted molar refractivity (Wildman–Crippen MR) is 64.6 cm³/mol. The molecule has 1 aliphatic heterocycles. The minimum absolute atomic E-state index is 0.0275. The first-order chi connectivity index (χ1) is 7.96. The van der Waals surface area contributed by atoms with E-state index in [2.05, 4.69) is 15.6 Å². The Balaban J connectivity index is 2.10. The second-order valence-corrected chi connectivity index (χ2v) is 6.26. The van der Waals surface area contributed by atoms with Crippen molar-refractivity contribution in [3.63, 3.8) is 0 Å². The second kappa shape index (κ2) is 4.33. The van der Waals surface area contributed by atoms with Crippen LogP contribution in [0.5, 0.6) is 0 Å². The molecule has 7 heteroatoms. The maximum atomic E-state index is 11.7. The summed E-state index contributed by atoms with van der Waals surface area (Å²) in [5, 5.41) is 5.62. The molecule has 1 atom stereocenters. The van der Waals surface area contributed by atoms with E-state index in [1.54, 1.807) is 18.3 Å². The number of amides is 1. The number of nitrogens with zero attached hydrogens (tertiary/aromatic N) is 1. The summed E-state index contributed by atoms with van der Waals surface area (Å²) >= 11 is 0. The normalized spacial score (nSPS) is 19.1. The Labute approximate surface area is 99.4 Å². The molecule has 1 aromatic rings. The monoisotopic (exact) mass is 255 g/mol. The number of rotatable bonds is 3. The van der Waals surface area contributed by atoms with E-state index in [-0.39, 0.29) is 18.1 Å². The summed E-state index contributed by atoms with van der Waals surface area (Å²) in [5.41, 5.74) is 0.619. The van der Waals surface area contributed by atoms with Gasteiger partial charge in [-0.15, -0.1) is 0 Å². The van der Waals surface area contributed by atoms with Gasteiger partial charge in [0.1, 0.15) is 21.7 Å². The van der Waals surface area contributed by atoms with Gasteiger partial charge in [-0.25, -0.2) is 13.4 Å². The Bertz CT molecular complexity index is 541. The molecule has 2 N–H and O–H groups in total. The lowest BCUT2D eigenvalue weighted by molar-refractivity contribution is -0.117. The quantitative estimate of drug-likeness (QED) is 0.808. The Hall–Kier alpha value is -1.63. The van der Waals surface area contributed by atoms with E-state index in [9.17, 15) is 13.2 Å². The Morgan fingerprint density at radius 3 is 2.94 bits per heavy atom. The van der Waals surface area contributed by atoms with Gasteiger partial charge in [0.15, 0.2) is 0 Å². The van der Waals surface area contributed by atoms with Gasteiger partial charge in [-0.1, -0.05) is 0 Å². The molecule has 0 aromatic carbocycles. The fraction of sp³-hybridized carbons (Fsp3) is 0.400. The van der Waals surface area contributed by atoms with Crippen molar-refractivity contribution in [1.82, 2.24) is 4.98 Å². The Morgan fingerprint density at radius 1 is 1.47 bits per heavy atom. The zero-order chi connectivity index (χ0) is 12.5. The molecule has 1 aliphatic rings. The summed E-state index contributed by atoms with van der Waals surface area (Å²) in [5.74, 6) is 0.319. The summed E-state index contributed by atoms with van der Waals surface area (Å²) in [6.45, 7) is 0. The van der Waals surface area contributed by atoms with Crippen molar-refractivity contribution in [2.24, 2.45) is 0 Å². The average molecular weight is 255 g/mol. The van der Waals surface area contributed by atoms with Crippen molar-refractivity contribution in [3.8, 4) is 0 Å². The van der Waals surface area contributed by atoms with Crippen LogP contribution in [0.4, 0.5) is 11.5 Å². The van der Waals surface area contributed by atoms with Crippen molar-refractivity contribution in [2.45, 2.75) is 12.5 Å². The standard InChI is InChI=1S/C10H13N3O3S/c1-17(15,16)6-4-8-10(14)13-7-3-2-5-11-9(7)12-8/h2-3,5,8H,4,6H2,1H3,(H,11,12)(H,13,14). The lowest BCUT2D eigenvalue weighted by atomic mass is 10.1. The first kappa shape index (κ1) is 11.8. The molecule has 0 radical (unpaired) electrons. The van der Waals surface area contributed by atoms with E-state index in [4.69, 9.17) is 0 Å². The molecule has 0 spiro atoms. The van der Waals surface area contributed by atoms with Gasteiger partial charge in [-0.2, -0.15) is 0 Å². The number of anilines is 2. The number of pyridine rings is 1. The van der Waals surface area contributed by atoms with Crippen molar-refractivity contribution in [2.75, 3.05) is 22.6 Å². The molecular weight excluding hydrogens is 242 g/mol. The summed E-state index contributed by atoms with van der Waals surface area (Å²) in [4.78, 5) is 15.8. The highest BCUT2D eigenvalue weighted by molar-refractivity contribution is 7.90. The molecule has 0 bridgehead atoms. The summed E-state index contributed by atoms with van der Waals surface area (Å²) in [6.07, 6.45) is 3.00. The van der Waals surface area contributed by atoms with E-state index in [0.29, 0.717) is 11.5 Å². The number of sulfone groups is 1. The van der Waals surface area contributed by atoms with Gasteiger partial charge in [0.2, 0.25) is 5.91 Å². The SMILES string of the molecule is CS(=O)(=O)CCC1Nc2ncccc2NC1=O. The number of carbonyl (C=O) groups excluding carboxylic acids is 1. The van der Waals surface area contributed by atoms with Crippen LogP contribution >= 0.6 is 0 Å². The summed E-state index contributed by atoms with van der Waals surface area (Å²) in [6, 6.07) is 2.91. The van der Waals surface area contributed by atoms with Crippen LogP contribution in [0.3, 0.4) is 0 Å². The lowest BCUT2D eigenvalue weighted by Gasteiger charge is -2.25. The minimum atomic E-state index is -3.06. The van der Waals surface area contributed by atoms with Crippen molar-refractivity contribution >= 4 is 27.2 Å². The second-order valence-electron chi connectivity index (χ2n) is 4.00. The Kier molecular flexibility index (Phi) is 3.01. The van der Waals surface area contributed by atoms with Crippen molar-refractivity contribution in [1.29, 1.82) is 0 Å². The number of fused-ring (bicyclic) bond motifs is 1. The zero-order valence-corrected chi connectivity index (χ0v) is 10.1. The molecule has 1 amide bonds. The van der Waals surface area contributed by atoms with Gasteiger partial charge in [0.05, 0.1) is 11.4 Å². The average Bonchev–Trinajstić information content (AvgIpc) is 2.25. The van der Waals surface area contributed by atoms with Crippen LogP contribution in [0.2, 0.25) is 0 Å². The van der Waals surface area contributed by atoms with Crippen LogP contribution in [-0.2, 0) is 14.6 Å². The van der Waals surface area contributed by atoms with Gasteiger partial charge in [0, 0.05) is 12.5 Å². The molecule has 6 nitrogen and oxygen atoms in total. The maximum Gasteiger partial charge on any atom is 0.247 e. The molecular formula is C10H13N3O3S. The highest BCUT2D eigenvalue weighted by atomic mass is 32.2. The molecule has 17 heavy (non-hydrogen) atoms. The smallest absolute Gasteiger partial charge is 0.247 e. The van der Waals surface area contributed by atoms with Crippen molar-refractivity contribution in [3.05, 3.63) is 18.3 Å². The van der Waals surface area contributed by atoms with E-state index in [1.807, 2.05) is 0 Å². The van der Waals surface area contributed by atoms with Gasteiger partial charge in [-0.3, -0.25) is 4.79 Å². The highest BCUT2D eigenvalue weighted by Crippen LogP contribution is 2.24. The van der Waals surface area contributed by atoms with Crippen molar-refractivity contribution < 1.29 is 13.2 Å². The van der Waals surface area contributed by atoms with E-state index >= 15 is 0 Å². The zero-order valence-electron chi connectivity index (χ0n) is 9.30. The van der Waals surface area contributed by atoms with Gasteiger partial charge >= 0.3 is 0 Å². The Morgan fingerprint density at radius 2 is 2.24 bits per heavy atom. The molecule has 0 saturated heterocycles. The summed E-state index contributed by atoms with van der Waals surface area (Å²) < 4.78 is 22.1. The van der Waals surface area contributed by atoms with Crippen LogP contribution in [0.1, 0.15) is 6.42 Å². The molecule has 2 heterocycles. The third-order valence-electron chi connectivity index (χ3n) is 2.47. The maximum absolute atomic E-state index is 11.7. The minimum Gasteiger partial charge on any atom is -0.357 e. The van der Waals surface area contributed by atoms with Gasteiger partial charge in [-0.05, 0) is 18.6 Å². The van der Waals surface area contributed by atoms with E-state index < -0.39 is 15.9 Å². The molecule has 1 unspecified atom stereocenters. The van der Waals surface area contributed by atoms with E-state index in [0.717, 1.165) is 6.26 Å². The van der Waals surface area contributed by atoms with Gasteiger partial charge in [0.25, 0.3) is 0 Å². The number of aromatic nitrogens is 1. The first-order valence-electron chi connectivity index (χ1n) is 5.16. The van der Waals surface area contributed by atoms with Crippen LogP contribution < -0.4 is 10.6 Å². The van der Waals surface area contributed by atoms with Gasteiger partial charge < -0.3 is 10.6 Å². The first-order valence-corrected chi connectivity index (χ1v) is 7.22. The fourth-order valence-electron chi connectivity index (χ4n) is 1.61. The number of nitrogens with one attached hydrogen (secondary N) is 2. The third kappa shape index (κ3) is 2.94. The number of hydrogen-bond donors (Lipinski definition) is 2. The molecule has 1 aromatic heterocycles. The largest absolute Gasteiger partial charge is 0.357 e. The predicted octanol–water partition coefficient (Wildman–Crippen LogP) is 0.249. The fourth-order valence-corrected chi connectivity index (χ4v) is 2.27. The summed E-state index contributed by atoms with van der Waals surface area (Å²) in [7, 11) is -3.06. The molecule has 0 aliphatic carbocycles. The van der Waals surface area contributed by atoms with Crippen LogP contribution in [0, 0.1) is 0 Å². The van der Waals surface area contributed by atoms with Crippen LogP contribution in [0.15, 0.2) is 18.3 Å². The topological polar surface area (TPSA) is 88.2 Å².